The number of aliphatic hydroxyl groups excluding tert-OH is 1. The first-order valence-electron chi connectivity index (χ1n) is 6.07. The average molecular weight is 281 g/mol. The maximum Gasteiger partial charge on any atom is 0.416 e. The van der Waals surface area contributed by atoms with Crippen LogP contribution in [0.4, 0.5) is 13.2 Å². The van der Waals surface area contributed by atoms with Gasteiger partial charge in [0.25, 0.3) is 0 Å². The first kappa shape index (κ1) is 15.9. The predicted octanol–water partition coefficient (Wildman–Crippen LogP) is 1.72. The van der Waals surface area contributed by atoms with Crippen molar-refractivity contribution in [2.24, 2.45) is 11.3 Å². The monoisotopic (exact) mass is 281 g/mol. The summed E-state index contributed by atoms with van der Waals surface area (Å²) < 4.78 is 36.8. The Labute approximate surface area is 109 Å². The van der Waals surface area contributed by atoms with Crippen LogP contribution in [0.25, 0.3) is 0 Å². The number of β-amino-alcohol motifs (C(OH)–C–C–N with tert-alkyl or cyclic N) is 1. The molecule has 0 radical (unpaired) electrons. The van der Waals surface area contributed by atoms with Crippen LogP contribution in [0.15, 0.2) is 0 Å². The summed E-state index contributed by atoms with van der Waals surface area (Å²) >= 11 is 0. The second kappa shape index (κ2) is 5.11. The second-order valence-electron chi connectivity index (χ2n) is 5.70. The molecule has 0 spiro atoms. The summed E-state index contributed by atoms with van der Waals surface area (Å²) in [5.41, 5.74) is -0.962. The van der Waals surface area contributed by atoms with Crippen LogP contribution in [-0.2, 0) is 9.59 Å². The fourth-order valence-electron chi connectivity index (χ4n) is 2.47. The summed E-state index contributed by atoms with van der Waals surface area (Å²) in [6, 6.07) is 0. The van der Waals surface area contributed by atoms with Gasteiger partial charge in [0.1, 0.15) is 0 Å². The van der Waals surface area contributed by atoms with Gasteiger partial charge in [-0.05, 0) is 12.3 Å². The largest absolute Gasteiger partial charge is 0.416 e. The highest BCUT2D eigenvalue weighted by molar-refractivity contribution is 6.05. The number of rotatable bonds is 4. The van der Waals surface area contributed by atoms with E-state index >= 15 is 0 Å². The van der Waals surface area contributed by atoms with Crippen LogP contribution in [0, 0.1) is 11.3 Å². The number of hydrogen-bond acceptors (Lipinski definition) is 3. The molecule has 1 rings (SSSR count). The predicted molar refractivity (Wildman–Crippen MR) is 61.0 cm³/mol. The third-order valence-corrected chi connectivity index (χ3v) is 3.20. The Kier molecular flexibility index (Phi) is 4.29. The van der Waals surface area contributed by atoms with Crippen LogP contribution in [0.2, 0.25) is 0 Å². The van der Waals surface area contributed by atoms with Crippen LogP contribution in [-0.4, -0.2) is 40.6 Å². The first-order valence-corrected chi connectivity index (χ1v) is 6.07. The molecular weight excluding hydrogens is 263 g/mol. The topological polar surface area (TPSA) is 57.6 Å². The molecule has 0 aromatic carbocycles. The second-order valence-corrected chi connectivity index (χ2v) is 5.70. The minimum absolute atomic E-state index is 0.103. The van der Waals surface area contributed by atoms with Crippen LogP contribution in [0.5, 0.6) is 0 Å². The molecule has 1 heterocycles. The van der Waals surface area contributed by atoms with E-state index in [1.165, 1.54) is 0 Å². The lowest BCUT2D eigenvalue weighted by Gasteiger charge is -2.25. The molecule has 1 aliphatic rings. The minimum Gasteiger partial charge on any atom is -0.382 e. The van der Waals surface area contributed by atoms with Gasteiger partial charge < -0.3 is 5.11 Å². The van der Waals surface area contributed by atoms with Gasteiger partial charge in [-0.15, -0.1) is 0 Å². The molecule has 0 bridgehead atoms. The number of aliphatic hydroxyl groups is 1. The zero-order chi connectivity index (χ0) is 15.0. The Bertz CT molecular complexity index is 381. The van der Waals surface area contributed by atoms with Crippen LogP contribution >= 0.6 is 0 Å². The zero-order valence-corrected chi connectivity index (χ0v) is 11.1. The molecule has 0 aromatic rings. The van der Waals surface area contributed by atoms with E-state index in [0.29, 0.717) is 11.3 Å². The fourth-order valence-corrected chi connectivity index (χ4v) is 2.47. The van der Waals surface area contributed by atoms with Crippen LogP contribution in [0.1, 0.15) is 33.6 Å². The van der Waals surface area contributed by atoms with E-state index in [2.05, 4.69) is 0 Å². The molecule has 0 aliphatic carbocycles. The Balaban J connectivity index is 2.83. The summed E-state index contributed by atoms with van der Waals surface area (Å²) in [6.45, 7) is 4.30. The third kappa shape index (κ3) is 3.46. The summed E-state index contributed by atoms with van der Waals surface area (Å²) in [7, 11) is 0. The maximum atomic E-state index is 12.3. The Morgan fingerprint density at radius 2 is 1.89 bits per heavy atom. The smallest absolute Gasteiger partial charge is 0.382 e. The van der Waals surface area contributed by atoms with Crippen molar-refractivity contribution in [2.75, 3.05) is 6.54 Å². The van der Waals surface area contributed by atoms with E-state index in [1.54, 1.807) is 6.92 Å². The molecular formula is C12H18F3NO3. The highest BCUT2D eigenvalue weighted by atomic mass is 19.4. The van der Waals surface area contributed by atoms with Gasteiger partial charge in [-0.1, -0.05) is 20.8 Å². The van der Waals surface area contributed by atoms with Crippen molar-refractivity contribution in [3.8, 4) is 0 Å². The summed E-state index contributed by atoms with van der Waals surface area (Å²) in [5, 5.41) is 8.96. The molecule has 4 nitrogen and oxygen atoms in total. The molecule has 110 valence electrons. The number of carbonyl (C=O) groups excluding carboxylic acids is 2. The number of amides is 2. The number of carbonyl (C=O) groups is 2. The maximum absolute atomic E-state index is 12.3. The van der Waals surface area contributed by atoms with Gasteiger partial charge in [-0.2, -0.15) is 13.2 Å². The van der Waals surface area contributed by atoms with Gasteiger partial charge in [-0.3, -0.25) is 14.5 Å². The summed E-state index contributed by atoms with van der Waals surface area (Å²) in [6.07, 6.45) is -7.20. The number of imide groups is 1. The van der Waals surface area contributed by atoms with Gasteiger partial charge in [0, 0.05) is 6.42 Å². The van der Waals surface area contributed by atoms with Crippen LogP contribution < -0.4 is 0 Å². The Hall–Kier alpha value is -1.11. The molecule has 1 N–H and O–H groups in total. The highest BCUT2D eigenvalue weighted by Crippen LogP contribution is 2.38. The lowest BCUT2D eigenvalue weighted by atomic mass is 9.80. The van der Waals surface area contributed by atoms with Crippen molar-refractivity contribution >= 4 is 11.8 Å². The molecule has 0 unspecified atom stereocenters. The van der Waals surface area contributed by atoms with Crippen molar-refractivity contribution in [1.82, 2.24) is 4.90 Å². The van der Waals surface area contributed by atoms with E-state index in [1.807, 2.05) is 13.8 Å². The Morgan fingerprint density at radius 3 is 2.32 bits per heavy atom. The van der Waals surface area contributed by atoms with Gasteiger partial charge in [0.2, 0.25) is 11.8 Å². The summed E-state index contributed by atoms with van der Waals surface area (Å²) in [4.78, 5) is 24.3. The highest BCUT2D eigenvalue weighted by Gasteiger charge is 2.51. The van der Waals surface area contributed by atoms with Crippen molar-refractivity contribution in [3.63, 3.8) is 0 Å². The summed E-state index contributed by atoms with van der Waals surface area (Å²) in [5.74, 6) is -1.14. The van der Waals surface area contributed by atoms with Gasteiger partial charge in [0.15, 0.2) is 6.10 Å². The molecule has 0 saturated carbocycles. The van der Waals surface area contributed by atoms with E-state index < -0.39 is 36.1 Å². The number of nitrogens with zero attached hydrogens (tertiary/aromatic N) is 1. The van der Waals surface area contributed by atoms with Crippen molar-refractivity contribution < 1.29 is 27.9 Å². The molecule has 1 aliphatic heterocycles. The molecule has 19 heavy (non-hydrogen) atoms. The number of hydrogen-bond donors (Lipinski definition) is 1. The quantitative estimate of drug-likeness (QED) is 0.798. The van der Waals surface area contributed by atoms with Crippen molar-refractivity contribution in [1.29, 1.82) is 0 Å². The van der Waals surface area contributed by atoms with E-state index in [-0.39, 0.29) is 12.3 Å². The lowest BCUT2D eigenvalue weighted by molar-refractivity contribution is -0.208. The molecule has 7 heteroatoms. The number of alkyl halides is 3. The van der Waals surface area contributed by atoms with Crippen molar-refractivity contribution in [3.05, 3.63) is 0 Å². The van der Waals surface area contributed by atoms with Gasteiger partial charge >= 0.3 is 6.18 Å². The molecule has 1 fully saturated rings. The van der Waals surface area contributed by atoms with E-state index in [4.69, 9.17) is 5.11 Å². The molecule has 2 atom stereocenters. The van der Waals surface area contributed by atoms with E-state index in [9.17, 15) is 22.8 Å². The van der Waals surface area contributed by atoms with E-state index in [0.717, 1.165) is 0 Å². The standard InChI is InChI=1S/C12H18F3NO3/c1-7(2)4-11(3)5-9(18)16(10(11)19)6-8(17)12(13,14)15/h7-8,17H,4-6H2,1-3H3/t8-,11+/m1/s1. The minimum atomic E-state index is -4.84. The fraction of sp³-hybridized carbons (Fsp3) is 0.833. The third-order valence-electron chi connectivity index (χ3n) is 3.20. The van der Waals surface area contributed by atoms with Crippen LogP contribution in [0.3, 0.4) is 0 Å². The van der Waals surface area contributed by atoms with Gasteiger partial charge in [0.05, 0.1) is 12.0 Å². The lowest BCUT2D eigenvalue weighted by Crippen LogP contribution is -2.44. The zero-order valence-electron chi connectivity index (χ0n) is 11.1. The SMILES string of the molecule is CC(C)C[C@@]1(C)CC(=O)N(C[C@@H](O)C(F)(F)F)C1=O. The van der Waals surface area contributed by atoms with Gasteiger partial charge in [-0.25, -0.2) is 0 Å². The average Bonchev–Trinajstić information content (AvgIpc) is 2.39. The molecule has 1 saturated heterocycles. The Morgan fingerprint density at radius 1 is 1.37 bits per heavy atom. The number of likely N-dealkylation sites (tertiary alicyclic amines) is 1. The first-order chi connectivity index (χ1) is 8.47. The molecule has 0 aromatic heterocycles. The normalized spacial score (nSPS) is 26.4. The molecule has 2 amide bonds. The van der Waals surface area contributed by atoms with Crippen molar-refractivity contribution in [2.45, 2.75) is 45.9 Å². The number of halogens is 3.